The predicted octanol–water partition coefficient (Wildman–Crippen LogP) is 21.0. The Labute approximate surface area is 445 Å². The van der Waals surface area contributed by atoms with Crippen LogP contribution in [-0.2, 0) is 0 Å². The van der Waals surface area contributed by atoms with Gasteiger partial charge in [0.25, 0.3) is 0 Å². The van der Waals surface area contributed by atoms with Gasteiger partial charge in [0.15, 0.2) is 0 Å². The number of nitrogens with zero attached hydrogens (tertiary/aromatic N) is 2. The van der Waals surface area contributed by atoms with Crippen LogP contribution < -0.4 is 9.80 Å². The van der Waals surface area contributed by atoms with Crippen molar-refractivity contribution < 1.29 is 4.42 Å². The molecule has 3 heteroatoms. The fraction of sp³-hybridized carbons (Fsp3) is 0.0137. The molecule has 0 atom stereocenters. The number of anilines is 6. The highest BCUT2D eigenvalue weighted by atomic mass is 16.3. The first kappa shape index (κ1) is 47.1. The Hall–Kier alpha value is -9.96. The van der Waals surface area contributed by atoms with Crippen LogP contribution in [0.1, 0.15) is 12.5 Å². The van der Waals surface area contributed by atoms with Gasteiger partial charge >= 0.3 is 0 Å². The maximum Gasteiger partial charge on any atom is 0.143 e. The van der Waals surface area contributed by atoms with Gasteiger partial charge in [-0.1, -0.05) is 231 Å². The van der Waals surface area contributed by atoms with E-state index in [1.807, 2.05) is 19.1 Å². The summed E-state index contributed by atoms with van der Waals surface area (Å²) >= 11 is 0. The third kappa shape index (κ3) is 9.46. The van der Waals surface area contributed by atoms with Crippen molar-refractivity contribution in [2.45, 2.75) is 6.92 Å². The lowest BCUT2D eigenvalue weighted by atomic mass is 9.99. The Morgan fingerprint density at radius 2 is 0.697 bits per heavy atom. The number of allylic oxidation sites excluding steroid dienone is 5. The molecule has 0 radical (unpaired) electrons. The quantitative estimate of drug-likeness (QED) is 0.101. The first-order valence-electron chi connectivity index (χ1n) is 25.9. The van der Waals surface area contributed by atoms with E-state index < -0.39 is 0 Å². The van der Waals surface area contributed by atoms with Crippen LogP contribution in [0.25, 0.3) is 83.1 Å². The molecule has 3 nitrogen and oxygen atoms in total. The minimum absolute atomic E-state index is 0.866. The van der Waals surface area contributed by atoms with E-state index in [2.05, 4.69) is 302 Å². The van der Waals surface area contributed by atoms with Gasteiger partial charge in [0.2, 0.25) is 0 Å². The second-order valence-corrected chi connectivity index (χ2v) is 18.9. The fourth-order valence-corrected chi connectivity index (χ4v) is 10.5. The van der Waals surface area contributed by atoms with Gasteiger partial charge in [-0.2, -0.15) is 0 Å². The van der Waals surface area contributed by atoms with Gasteiger partial charge in [-0.25, -0.2) is 0 Å². The molecule has 0 saturated carbocycles. The average Bonchev–Trinajstić information content (AvgIpc) is 3.94. The zero-order valence-electron chi connectivity index (χ0n) is 42.3. The number of furan rings is 1. The molecule has 76 heavy (non-hydrogen) atoms. The van der Waals surface area contributed by atoms with Gasteiger partial charge in [0.05, 0.1) is 0 Å². The highest BCUT2D eigenvalue weighted by Gasteiger charge is 2.20. The first-order valence-corrected chi connectivity index (χ1v) is 25.9. The molecule has 0 aliphatic carbocycles. The maximum absolute atomic E-state index is 7.04. The molecule has 12 aromatic rings. The molecule has 0 saturated heterocycles. The molecule has 0 N–H and O–H groups in total. The Kier molecular flexibility index (Phi) is 13.2. The molecule has 362 valence electrons. The van der Waals surface area contributed by atoms with Crippen LogP contribution in [-0.4, -0.2) is 0 Å². The monoisotopic (exact) mass is 974 g/mol. The lowest BCUT2D eigenvalue weighted by Gasteiger charge is -2.26. The number of para-hydroxylation sites is 2. The summed E-state index contributed by atoms with van der Waals surface area (Å²) < 4.78 is 7.04. The molecule has 0 amide bonds. The van der Waals surface area contributed by atoms with Crippen molar-refractivity contribution in [1.29, 1.82) is 0 Å². The van der Waals surface area contributed by atoms with Gasteiger partial charge in [0, 0.05) is 56.0 Å². The lowest BCUT2D eigenvalue weighted by molar-refractivity contribution is 0.671. The summed E-state index contributed by atoms with van der Waals surface area (Å²) in [7, 11) is 0. The number of fused-ring (bicyclic) bond motifs is 3. The van der Waals surface area contributed by atoms with Gasteiger partial charge in [-0.3, -0.25) is 0 Å². The largest absolute Gasteiger partial charge is 0.455 e. The molecule has 0 aliphatic heterocycles. The summed E-state index contributed by atoms with van der Waals surface area (Å²) in [5.41, 5.74) is 21.7. The van der Waals surface area contributed by atoms with E-state index in [9.17, 15) is 0 Å². The molecule has 0 spiro atoms. The van der Waals surface area contributed by atoms with E-state index in [0.717, 1.165) is 101 Å². The van der Waals surface area contributed by atoms with Crippen molar-refractivity contribution in [3.63, 3.8) is 0 Å². The SMILES string of the molecule is C=C/C=C(\C=C/C)c1ccc(N(c2ccc(-c3cccc4c3oc3c(-c5ccc(N(c6ccc(-c7ccccc7)cc6)c6cccc(-c7ccccc7)c6)cc5)cccc34)cc2)c2cccc(-c3ccccc3)c2)cc1. The molecular formula is C73H54N2O. The molecule has 0 bridgehead atoms. The fourth-order valence-electron chi connectivity index (χ4n) is 10.5. The summed E-state index contributed by atoms with van der Waals surface area (Å²) in [6.07, 6.45) is 8.06. The van der Waals surface area contributed by atoms with E-state index in [1.165, 1.54) is 22.3 Å². The summed E-state index contributed by atoms with van der Waals surface area (Å²) in [5.74, 6) is 0. The molecular weight excluding hydrogens is 921 g/mol. The van der Waals surface area contributed by atoms with E-state index in [0.29, 0.717) is 0 Å². The Morgan fingerprint density at radius 3 is 1.11 bits per heavy atom. The van der Waals surface area contributed by atoms with Crippen LogP contribution >= 0.6 is 0 Å². The van der Waals surface area contributed by atoms with Crippen LogP contribution in [0.15, 0.2) is 308 Å². The van der Waals surface area contributed by atoms with Crippen molar-refractivity contribution in [2.75, 3.05) is 9.80 Å². The summed E-state index contributed by atoms with van der Waals surface area (Å²) in [6, 6.07) is 97.6. The van der Waals surface area contributed by atoms with Crippen LogP contribution in [0.4, 0.5) is 34.1 Å². The van der Waals surface area contributed by atoms with Gasteiger partial charge in [-0.15, -0.1) is 0 Å². The molecule has 11 aromatic carbocycles. The third-order valence-electron chi connectivity index (χ3n) is 14.2. The van der Waals surface area contributed by atoms with Crippen molar-refractivity contribution in [2.24, 2.45) is 0 Å². The minimum Gasteiger partial charge on any atom is -0.455 e. The highest BCUT2D eigenvalue weighted by molar-refractivity contribution is 6.13. The number of rotatable bonds is 14. The lowest BCUT2D eigenvalue weighted by Crippen LogP contribution is -2.10. The number of hydrogen-bond acceptors (Lipinski definition) is 3. The zero-order valence-corrected chi connectivity index (χ0v) is 42.3. The maximum atomic E-state index is 7.04. The molecule has 12 rings (SSSR count). The van der Waals surface area contributed by atoms with E-state index in [-0.39, 0.29) is 0 Å². The Morgan fingerprint density at radius 1 is 0.342 bits per heavy atom. The summed E-state index contributed by atoms with van der Waals surface area (Å²) in [4.78, 5) is 4.67. The number of benzene rings is 11. The van der Waals surface area contributed by atoms with Crippen molar-refractivity contribution in [1.82, 2.24) is 0 Å². The van der Waals surface area contributed by atoms with Crippen molar-refractivity contribution in [3.8, 4) is 55.6 Å². The standard InChI is InChI=1S/C73H54N2O/c1-3-18-52(19-4-2)56-34-42-62(43-35-56)74(66-28-14-26-60(50-66)54-22-10-6-11-23-54)64-46-38-58(39-47-64)68-30-16-32-70-71-33-17-31-69(73(71)76-72(68)70)59-40-48-65(49-41-59)75(63-44-36-57(37-45-63)53-20-8-5-9-21-53)67-29-15-27-61(51-67)55-24-12-7-13-25-55/h3-51H,1H2,2H3/b19-4-,52-18+. The van der Waals surface area contributed by atoms with Crippen LogP contribution in [0.3, 0.4) is 0 Å². The number of hydrogen-bond donors (Lipinski definition) is 0. The van der Waals surface area contributed by atoms with Crippen molar-refractivity contribution >= 4 is 61.6 Å². The van der Waals surface area contributed by atoms with Crippen LogP contribution in [0.5, 0.6) is 0 Å². The molecule has 0 aliphatic rings. The molecule has 1 aromatic heterocycles. The summed E-state index contributed by atoms with van der Waals surface area (Å²) in [5, 5.41) is 2.17. The Balaban J connectivity index is 0.892. The zero-order chi connectivity index (χ0) is 51.2. The molecule has 0 unspecified atom stereocenters. The van der Waals surface area contributed by atoms with E-state index >= 15 is 0 Å². The molecule has 1 heterocycles. The topological polar surface area (TPSA) is 19.6 Å². The second-order valence-electron chi connectivity index (χ2n) is 18.9. The predicted molar refractivity (Wildman–Crippen MR) is 323 cm³/mol. The van der Waals surface area contributed by atoms with Gasteiger partial charge in [-0.05, 0) is 135 Å². The van der Waals surface area contributed by atoms with Crippen molar-refractivity contribution in [3.05, 3.63) is 309 Å². The third-order valence-corrected chi connectivity index (χ3v) is 14.2. The Bertz CT molecular complexity index is 4020. The van der Waals surface area contributed by atoms with Gasteiger partial charge in [0.1, 0.15) is 11.2 Å². The summed E-state index contributed by atoms with van der Waals surface area (Å²) in [6.45, 7) is 5.99. The minimum atomic E-state index is 0.866. The van der Waals surface area contributed by atoms with E-state index in [1.54, 1.807) is 0 Å². The first-order chi connectivity index (χ1) is 37.6. The highest BCUT2D eigenvalue weighted by Crippen LogP contribution is 2.44. The smallest absolute Gasteiger partial charge is 0.143 e. The van der Waals surface area contributed by atoms with E-state index in [4.69, 9.17) is 4.42 Å². The average molecular weight is 975 g/mol. The van der Waals surface area contributed by atoms with Crippen LogP contribution in [0.2, 0.25) is 0 Å². The second kappa shape index (κ2) is 21.2. The van der Waals surface area contributed by atoms with Crippen LogP contribution in [0, 0.1) is 0 Å². The normalized spacial score (nSPS) is 11.6. The molecule has 0 fully saturated rings. The van der Waals surface area contributed by atoms with Gasteiger partial charge < -0.3 is 14.2 Å².